The normalized spacial score (nSPS) is 18.9. The summed E-state index contributed by atoms with van der Waals surface area (Å²) in [7, 11) is -0.767. The van der Waals surface area contributed by atoms with Crippen molar-refractivity contribution >= 4 is 33.1 Å². The van der Waals surface area contributed by atoms with Crippen LogP contribution < -0.4 is 14.8 Å². The van der Waals surface area contributed by atoms with Crippen molar-refractivity contribution in [1.82, 2.24) is 4.90 Å². The van der Waals surface area contributed by atoms with Crippen LogP contribution in [0.4, 0.5) is 11.4 Å². The van der Waals surface area contributed by atoms with Gasteiger partial charge in [0.05, 0.1) is 18.2 Å². The van der Waals surface area contributed by atoms with Gasteiger partial charge < -0.3 is 15.0 Å². The van der Waals surface area contributed by atoms with E-state index >= 15 is 0 Å². The third-order valence-corrected chi connectivity index (χ3v) is 8.56. The van der Waals surface area contributed by atoms with Crippen LogP contribution in [0.2, 0.25) is 0 Å². The second-order valence-corrected chi connectivity index (χ2v) is 10.8. The molecule has 5 rings (SSSR count). The number of ether oxygens (including phenoxy) is 1. The number of nitrogens with zero attached hydrogens (tertiary/aromatic N) is 1. The maximum absolute atomic E-state index is 13.2. The Bertz CT molecular complexity index is 1330. The van der Waals surface area contributed by atoms with E-state index in [0.717, 1.165) is 36.1 Å². The number of anilines is 2. The third kappa shape index (κ3) is 3.64. The molecule has 1 amide bonds. The maximum atomic E-state index is 13.2. The number of amides is 1. The minimum atomic E-state index is -3.94. The Morgan fingerprint density at radius 1 is 1.12 bits per heavy atom. The Hall–Kier alpha value is -3.33. The number of carbonyl (C=O) groups is 2. The lowest BCUT2D eigenvalue weighted by Crippen LogP contribution is -2.39. The second kappa shape index (κ2) is 8.16. The topological polar surface area (TPSA) is 105 Å². The van der Waals surface area contributed by atoms with E-state index < -0.39 is 15.4 Å². The quantitative estimate of drug-likeness (QED) is 0.657. The number of Topliss-reactive ketones (excluding diaryl/α,β-unsaturated/α-hetero) is 1. The van der Waals surface area contributed by atoms with E-state index in [1.165, 1.54) is 13.2 Å². The fourth-order valence-corrected chi connectivity index (χ4v) is 6.28. The Morgan fingerprint density at radius 2 is 1.88 bits per heavy atom. The zero-order valence-corrected chi connectivity index (χ0v) is 20.0. The van der Waals surface area contributed by atoms with Crippen molar-refractivity contribution in [3.8, 4) is 5.75 Å². The summed E-state index contributed by atoms with van der Waals surface area (Å²) in [4.78, 5) is 26.9. The first kappa shape index (κ1) is 22.5. The van der Waals surface area contributed by atoms with E-state index in [9.17, 15) is 18.0 Å². The van der Waals surface area contributed by atoms with Crippen LogP contribution in [0.1, 0.15) is 36.8 Å². The highest BCUT2D eigenvalue weighted by Gasteiger charge is 2.51. The Morgan fingerprint density at radius 3 is 2.56 bits per heavy atom. The molecule has 1 heterocycles. The van der Waals surface area contributed by atoms with Gasteiger partial charge >= 0.3 is 0 Å². The minimum absolute atomic E-state index is 0.0329. The molecule has 0 radical (unpaired) electrons. The van der Waals surface area contributed by atoms with Crippen LogP contribution in [0, 0.1) is 0 Å². The summed E-state index contributed by atoms with van der Waals surface area (Å²) in [5, 5.41) is 3.33. The van der Waals surface area contributed by atoms with Gasteiger partial charge in [0.15, 0.2) is 0 Å². The average Bonchev–Trinajstić information content (AvgIpc) is 3.08. The number of rotatable bonds is 6. The number of sulfonamides is 1. The lowest BCUT2D eigenvalue weighted by molar-refractivity contribution is -0.126. The van der Waals surface area contributed by atoms with Gasteiger partial charge in [0.25, 0.3) is 10.0 Å². The van der Waals surface area contributed by atoms with Crippen molar-refractivity contribution < 1.29 is 22.7 Å². The van der Waals surface area contributed by atoms with E-state index in [1.807, 2.05) is 0 Å². The molecule has 2 aromatic carbocycles. The lowest BCUT2D eigenvalue weighted by atomic mass is 9.64. The SMILES string of the molecule is COc1ccccc1S(=O)(=O)Nc1cc(NC2=CC(=O)N(C)CC2)c2c(c1)C1(CCC1)C(=O)C2. The van der Waals surface area contributed by atoms with Crippen molar-refractivity contribution in [1.29, 1.82) is 0 Å². The number of nitrogens with one attached hydrogen (secondary N) is 2. The zero-order chi connectivity index (χ0) is 24.1. The molecular formula is C25H27N3O5S. The van der Waals surface area contributed by atoms with Crippen LogP contribution in [-0.4, -0.2) is 45.7 Å². The van der Waals surface area contributed by atoms with Gasteiger partial charge in [-0.2, -0.15) is 0 Å². The molecule has 0 aromatic heterocycles. The predicted octanol–water partition coefficient (Wildman–Crippen LogP) is 3.20. The zero-order valence-electron chi connectivity index (χ0n) is 19.2. The molecule has 34 heavy (non-hydrogen) atoms. The molecule has 3 aliphatic rings. The monoisotopic (exact) mass is 481 g/mol. The standard InChI is InChI=1S/C25H27N3O5S/c1-28-11-8-16(14-24(28)30)26-20-13-17(12-19-18(20)15-23(29)25(19)9-5-10-25)27-34(31,32)22-7-4-3-6-21(22)33-2/h3-4,6-7,12-14,26-27H,5,8-11,15H2,1-2H3. The number of methoxy groups -OCH3 is 1. The van der Waals surface area contributed by atoms with Gasteiger partial charge in [0.2, 0.25) is 5.91 Å². The highest BCUT2D eigenvalue weighted by molar-refractivity contribution is 7.92. The molecular weight excluding hydrogens is 454 g/mol. The van der Waals surface area contributed by atoms with Crippen LogP contribution >= 0.6 is 0 Å². The summed E-state index contributed by atoms with van der Waals surface area (Å²) in [5.41, 5.74) is 3.01. The fourth-order valence-electron chi connectivity index (χ4n) is 5.07. The molecule has 0 atom stereocenters. The highest BCUT2D eigenvalue weighted by Crippen LogP contribution is 2.53. The van der Waals surface area contributed by atoms with Crippen molar-refractivity contribution in [2.24, 2.45) is 0 Å². The summed E-state index contributed by atoms with van der Waals surface area (Å²) < 4.78 is 34.4. The number of likely N-dealkylation sites (N-methyl/N-ethyl adjacent to an activating group) is 1. The van der Waals surface area contributed by atoms with Gasteiger partial charge in [0, 0.05) is 43.9 Å². The molecule has 8 nitrogen and oxygen atoms in total. The number of carbonyl (C=O) groups excluding carboxylic acids is 2. The third-order valence-electron chi connectivity index (χ3n) is 7.14. The molecule has 2 aromatic rings. The van der Waals surface area contributed by atoms with Crippen LogP contribution in [0.15, 0.2) is 53.1 Å². The van der Waals surface area contributed by atoms with E-state index in [-0.39, 0.29) is 22.3 Å². The van der Waals surface area contributed by atoms with Crippen LogP contribution in [0.3, 0.4) is 0 Å². The number of hydrogen-bond donors (Lipinski definition) is 2. The van der Waals surface area contributed by atoms with Gasteiger partial charge in [0.1, 0.15) is 16.4 Å². The average molecular weight is 482 g/mol. The number of hydrogen-bond acceptors (Lipinski definition) is 6. The van der Waals surface area contributed by atoms with Gasteiger partial charge in [-0.05, 0) is 48.2 Å². The molecule has 178 valence electrons. The number of para-hydroxylation sites is 1. The van der Waals surface area contributed by atoms with Crippen molar-refractivity contribution in [2.75, 3.05) is 30.7 Å². The number of ketones is 1. The Balaban J connectivity index is 1.56. The highest BCUT2D eigenvalue weighted by atomic mass is 32.2. The summed E-state index contributed by atoms with van der Waals surface area (Å²) in [6, 6.07) is 9.93. The molecule has 1 spiro atoms. The number of fused-ring (bicyclic) bond motifs is 2. The van der Waals surface area contributed by atoms with E-state index in [1.54, 1.807) is 48.4 Å². The van der Waals surface area contributed by atoms with Crippen molar-refractivity contribution in [2.45, 2.75) is 42.4 Å². The summed E-state index contributed by atoms with van der Waals surface area (Å²) in [6.07, 6.45) is 5.01. The van der Waals surface area contributed by atoms with E-state index in [2.05, 4.69) is 10.0 Å². The van der Waals surface area contributed by atoms with Gasteiger partial charge in [-0.25, -0.2) is 8.42 Å². The molecule has 0 saturated heterocycles. The van der Waals surface area contributed by atoms with Gasteiger partial charge in [-0.15, -0.1) is 0 Å². The summed E-state index contributed by atoms with van der Waals surface area (Å²) in [5.74, 6) is 0.329. The van der Waals surface area contributed by atoms with Gasteiger partial charge in [-0.1, -0.05) is 18.6 Å². The van der Waals surface area contributed by atoms with E-state index in [0.29, 0.717) is 30.8 Å². The molecule has 1 aliphatic heterocycles. The second-order valence-electron chi connectivity index (χ2n) is 9.15. The van der Waals surface area contributed by atoms with Gasteiger partial charge in [-0.3, -0.25) is 14.3 Å². The first-order valence-corrected chi connectivity index (χ1v) is 12.8. The van der Waals surface area contributed by atoms with Crippen molar-refractivity contribution in [3.05, 3.63) is 59.3 Å². The molecule has 2 aliphatic carbocycles. The maximum Gasteiger partial charge on any atom is 0.265 e. The number of benzene rings is 2. The smallest absolute Gasteiger partial charge is 0.265 e. The Kier molecular flexibility index (Phi) is 5.39. The van der Waals surface area contributed by atoms with Crippen LogP contribution in [0.25, 0.3) is 0 Å². The molecule has 0 bridgehead atoms. The van der Waals surface area contributed by atoms with Crippen LogP contribution in [-0.2, 0) is 31.4 Å². The minimum Gasteiger partial charge on any atom is -0.495 e. The summed E-state index contributed by atoms with van der Waals surface area (Å²) in [6.45, 7) is 0.586. The molecule has 9 heteroatoms. The van der Waals surface area contributed by atoms with Crippen LogP contribution in [0.5, 0.6) is 5.75 Å². The molecule has 1 fully saturated rings. The molecule has 2 N–H and O–H groups in total. The largest absolute Gasteiger partial charge is 0.495 e. The van der Waals surface area contributed by atoms with E-state index in [4.69, 9.17) is 4.74 Å². The molecule has 0 unspecified atom stereocenters. The van der Waals surface area contributed by atoms with Crippen molar-refractivity contribution in [3.63, 3.8) is 0 Å². The lowest BCUT2D eigenvalue weighted by Gasteiger charge is -2.38. The first-order valence-electron chi connectivity index (χ1n) is 11.3. The first-order chi connectivity index (χ1) is 16.2. The molecule has 1 saturated carbocycles. The summed E-state index contributed by atoms with van der Waals surface area (Å²) >= 11 is 0. The predicted molar refractivity (Wildman–Crippen MR) is 128 cm³/mol. The Labute approximate surface area is 199 Å². The fraction of sp³-hybridized carbons (Fsp3) is 0.360.